The molecule has 19 heavy (non-hydrogen) atoms. The summed E-state index contributed by atoms with van der Waals surface area (Å²) in [7, 11) is 1.66. The molecule has 2 aromatic rings. The Morgan fingerprint density at radius 1 is 1.26 bits per heavy atom. The molecule has 0 spiro atoms. The molecular formula is C14H13BrF2N2. The van der Waals surface area contributed by atoms with E-state index in [4.69, 9.17) is 0 Å². The summed E-state index contributed by atoms with van der Waals surface area (Å²) in [5.74, 6) is -1.18. The fourth-order valence-electron chi connectivity index (χ4n) is 2.06. The summed E-state index contributed by atoms with van der Waals surface area (Å²) < 4.78 is 28.4. The third kappa shape index (κ3) is 2.82. The first-order valence-electron chi connectivity index (χ1n) is 5.76. The fraction of sp³-hybridized carbons (Fsp3) is 0.214. The van der Waals surface area contributed by atoms with Crippen LogP contribution in [0.3, 0.4) is 0 Å². The Labute approximate surface area is 119 Å². The van der Waals surface area contributed by atoms with E-state index >= 15 is 0 Å². The molecule has 0 saturated heterocycles. The van der Waals surface area contributed by atoms with Crippen LogP contribution in [0.25, 0.3) is 0 Å². The van der Waals surface area contributed by atoms with Gasteiger partial charge in [-0.15, -0.1) is 0 Å². The van der Waals surface area contributed by atoms with E-state index in [9.17, 15) is 8.78 Å². The van der Waals surface area contributed by atoms with Crippen LogP contribution < -0.4 is 5.32 Å². The van der Waals surface area contributed by atoms with Gasteiger partial charge in [-0.05, 0) is 43.3 Å². The average molecular weight is 327 g/mol. The van der Waals surface area contributed by atoms with Crippen molar-refractivity contribution in [3.63, 3.8) is 0 Å². The van der Waals surface area contributed by atoms with E-state index < -0.39 is 17.7 Å². The van der Waals surface area contributed by atoms with Gasteiger partial charge >= 0.3 is 0 Å². The van der Waals surface area contributed by atoms with Gasteiger partial charge in [0.05, 0.1) is 6.04 Å². The van der Waals surface area contributed by atoms with Crippen LogP contribution in [0.5, 0.6) is 0 Å². The lowest BCUT2D eigenvalue weighted by atomic mass is 9.96. The summed E-state index contributed by atoms with van der Waals surface area (Å²) in [5.41, 5.74) is 1.68. The van der Waals surface area contributed by atoms with Gasteiger partial charge in [0, 0.05) is 22.4 Å². The number of nitrogens with one attached hydrogen (secondary N) is 1. The van der Waals surface area contributed by atoms with E-state index in [2.05, 4.69) is 26.2 Å². The highest BCUT2D eigenvalue weighted by atomic mass is 79.9. The maximum absolute atomic E-state index is 14.0. The quantitative estimate of drug-likeness (QED) is 0.929. The Hall–Kier alpha value is -1.33. The number of nitrogens with zero attached hydrogens (tertiary/aromatic N) is 1. The molecule has 0 fully saturated rings. The smallest absolute Gasteiger partial charge is 0.132 e. The van der Waals surface area contributed by atoms with Crippen LogP contribution in [0.1, 0.15) is 22.7 Å². The minimum atomic E-state index is -0.588. The molecule has 0 saturated carbocycles. The molecule has 1 atom stereocenters. The lowest BCUT2D eigenvalue weighted by molar-refractivity contribution is 0.519. The van der Waals surface area contributed by atoms with Crippen LogP contribution in [0, 0.1) is 18.6 Å². The highest BCUT2D eigenvalue weighted by Crippen LogP contribution is 2.30. The molecule has 0 aliphatic rings. The lowest BCUT2D eigenvalue weighted by Crippen LogP contribution is -2.21. The normalized spacial score (nSPS) is 12.5. The van der Waals surface area contributed by atoms with Crippen molar-refractivity contribution in [2.24, 2.45) is 0 Å². The third-order valence-corrected chi connectivity index (χ3v) is 3.47. The van der Waals surface area contributed by atoms with Crippen LogP contribution in [-0.4, -0.2) is 12.0 Å². The van der Waals surface area contributed by atoms with E-state index in [-0.39, 0.29) is 5.56 Å². The van der Waals surface area contributed by atoms with Crippen molar-refractivity contribution in [3.8, 4) is 0 Å². The maximum Gasteiger partial charge on any atom is 0.132 e. The van der Waals surface area contributed by atoms with Crippen molar-refractivity contribution in [1.82, 2.24) is 10.3 Å². The Morgan fingerprint density at radius 2 is 1.89 bits per heavy atom. The lowest BCUT2D eigenvalue weighted by Gasteiger charge is -2.20. The van der Waals surface area contributed by atoms with Crippen LogP contribution in [0.15, 0.2) is 35.1 Å². The number of rotatable bonds is 3. The molecule has 1 unspecified atom stereocenters. The highest BCUT2D eigenvalue weighted by Gasteiger charge is 2.22. The van der Waals surface area contributed by atoms with Crippen molar-refractivity contribution in [1.29, 1.82) is 0 Å². The molecule has 1 aromatic carbocycles. The van der Waals surface area contributed by atoms with Gasteiger partial charge in [0.15, 0.2) is 0 Å². The van der Waals surface area contributed by atoms with Crippen LogP contribution in [-0.2, 0) is 0 Å². The van der Waals surface area contributed by atoms with Crippen LogP contribution >= 0.6 is 15.9 Å². The minimum Gasteiger partial charge on any atom is -0.309 e. The number of aromatic nitrogens is 1. The Bertz CT molecular complexity index is 579. The molecular weight excluding hydrogens is 314 g/mol. The summed E-state index contributed by atoms with van der Waals surface area (Å²) >= 11 is 3.08. The largest absolute Gasteiger partial charge is 0.309 e. The van der Waals surface area contributed by atoms with E-state index in [1.165, 1.54) is 12.1 Å². The molecule has 1 N–H and O–H groups in total. The molecule has 1 aromatic heterocycles. The first-order valence-corrected chi connectivity index (χ1v) is 6.56. The number of hydrogen-bond donors (Lipinski definition) is 1. The van der Waals surface area contributed by atoms with Gasteiger partial charge in [-0.25, -0.2) is 8.78 Å². The molecule has 5 heteroatoms. The molecule has 0 bridgehead atoms. The van der Waals surface area contributed by atoms with Crippen molar-refractivity contribution in [3.05, 3.63) is 63.4 Å². The Balaban J connectivity index is 2.58. The highest BCUT2D eigenvalue weighted by molar-refractivity contribution is 9.10. The van der Waals surface area contributed by atoms with Gasteiger partial charge < -0.3 is 5.32 Å². The molecule has 100 valence electrons. The predicted octanol–water partition coefficient (Wildman–Crippen LogP) is 3.74. The standard InChI is InChI=1S/C14H13BrF2N2/c1-8-3-4-19-7-10(8)14(18-2)13-11(16)5-9(15)6-12(13)17/h3-7,14,18H,1-2H3. The molecule has 0 radical (unpaired) electrons. The number of pyridine rings is 1. The zero-order valence-corrected chi connectivity index (χ0v) is 12.1. The SMILES string of the molecule is CNC(c1cnccc1C)c1c(F)cc(Br)cc1F. The Kier molecular flexibility index (Phi) is 4.27. The van der Waals surface area contributed by atoms with E-state index in [1.54, 1.807) is 19.4 Å². The summed E-state index contributed by atoms with van der Waals surface area (Å²) in [4.78, 5) is 4.02. The third-order valence-electron chi connectivity index (χ3n) is 3.01. The first kappa shape index (κ1) is 14.1. The molecule has 1 heterocycles. The van der Waals surface area contributed by atoms with Gasteiger partial charge in [-0.2, -0.15) is 0 Å². The zero-order chi connectivity index (χ0) is 14.0. The minimum absolute atomic E-state index is 0.00167. The predicted molar refractivity (Wildman–Crippen MR) is 73.9 cm³/mol. The number of benzene rings is 1. The number of halogens is 3. The number of aryl methyl sites for hydroxylation is 1. The summed E-state index contributed by atoms with van der Waals surface area (Å²) in [6.07, 6.45) is 3.28. The monoisotopic (exact) mass is 326 g/mol. The van der Waals surface area contributed by atoms with E-state index in [0.29, 0.717) is 4.47 Å². The van der Waals surface area contributed by atoms with Gasteiger partial charge in [0.1, 0.15) is 11.6 Å². The van der Waals surface area contributed by atoms with Crippen molar-refractivity contribution in [2.45, 2.75) is 13.0 Å². The second-order valence-corrected chi connectivity index (χ2v) is 5.15. The van der Waals surface area contributed by atoms with Gasteiger partial charge in [-0.1, -0.05) is 15.9 Å². The summed E-state index contributed by atoms with van der Waals surface area (Å²) in [6, 6.07) is 3.76. The zero-order valence-electron chi connectivity index (χ0n) is 10.5. The molecule has 2 rings (SSSR count). The summed E-state index contributed by atoms with van der Waals surface area (Å²) in [5, 5.41) is 2.94. The van der Waals surface area contributed by atoms with Crippen LogP contribution in [0.2, 0.25) is 0 Å². The van der Waals surface area contributed by atoms with Crippen molar-refractivity contribution >= 4 is 15.9 Å². The van der Waals surface area contributed by atoms with E-state index in [0.717, 1.165) is 11.1 Å². The topological polar surface area (TPSA) is 24.9 Å². The molecule has 0 amide bonds. The second-order valence-electron chi connectivity index (χ2n) is 4.24. The fourth-order valence-corrected chi connectivity index (χ4v) is 2.46. The number of hydrogen-bond acceptors (Lipinski definition) is 2. The average Bonchev–Trinajstić information content (AvgIpc) is 2.34. The maximum atomic E-state index is 14.0. The van der Waals surface area contributed by atoms with E-state index in [1.807, 2.05) is 13.0 Å². The van der Waals surface area contributed by atoms with Gasteiger partial charge in [0.25, 0.3) is 0 Å². The van der Waals surface area contributed by atoms with Gasteiger partial charge in [-0.3, -0.25) is 4.98 Å². The molecule has 0 aliphatic carbocycles. The van der Waals surface area contributed by atoms with Crippen molar-refractivity contribution in [2.75, 3.05) is 7.05 Å². The first-order chi connectivity index (χ1) is 9.04. The van der Waals surface area contributed by atoms with Crippen molar-refractivity contribution < 1.29 is 8.78 Å². The second kappa shape index (κ2) is 5.75. The molecule has 0 aliphatic heterocycles. The Morgan fingerprint density at radius 3 is 2.42 bits per heavy atom. The van der Waals surface area contributed by atoms with Gasteiger partial charge in [0.2, 0.25) is 0 Å². The molecule has 2 nitrogen and oxygen atoms in total. The van der Waals surface area contributed by atoms with Crippen LogP contribution in [0.4, 0.5) is 8.78 Å². The summed E-state index contributed by atoms with van der Waals surface area (Å²) in [6.45, 7) is 1.88.